The summed E-state index contributed by atoms with van der Waals surface area (Å²) in [7, 11) is 2.11. The number of nitrogens with one attached hydrogen (secondary N) is 1. The van der Waals surface area contributed by atoms with Crippen molar-refractivity contribution in [2.24, 2.45) is 7.05 Å². The number of likely N-dealkylation sites (tertiary alicyclic amines) is 1. The molecule has 118 valence electrons. The normalized spacial score (nSPS) is 23.6. The van der Waals surface area contributed by atoms with Gasteiger partial charge in [0.05, 0.1) is 12.6 Å². The van der Waals surface area contributed by atoms with E-state index in [0.717, 1.165) is 37.0 Å². The number of rotatable bonds is 4. The van der Waals surface area contributed by atoms with E-state index in [1.54, 1.807) is 6.33 Å². The van der Waals surface area contributed by atoms with E-state index in [1.165, 1.54) is 32.1 Å². The maximum Gasteiger partial charge on any atom is 0.146 e. The smallest absolute Gasteiger partial charge is 0.146 e. The van der Waals surface area contributed by atoms with Crippen LogP contribution in [0.15, 0.2) is 6.33 Å². The molecule has 1 N–H and O–H groups in total. The van der Waals surface area contributed by atoms with Gasteiger partial charge in [-0.2, -0.15) is 5.10 Å². The van der Waals surface area contributed by atoms with Gasteiger partial charge in [-0.15, -0.1) is 10.2 Å². The zero-order chi connectivity index (χ0) is 14.9. The van der Waals surface area contributed by atoms with Gasteiger partial charge in [-0.3, -0.25) is 10.00 Å². The highest BCUT2D eigenvalue weighted by Gasteiger charge is 2.29. The van der Waals surface area contributed by atoms with Gasteiger partial charge in [0.25, 0.3) is 0 Å². The minimum absolute atomic E-state index is 0.320. The molecule has 1 aliphatic carbocycles. The standard InChI is InChI=1S/C15H23N7/c1-21-13(18-20-15(21)11-5-4-6-11)9-22-8-3-2-7-12(22)14-16-10-17-19-14/h10-12H,2-9H2,1H3,(H,16,17,19). The lowest BCUT2D eigenvalue weighted by molar-refractivity contribution is 0.129. The van der Waals surface area contributed by atoms with Crippen molar-refractivity contribution in [2.45, 2.75) is 57.0 Å². The van der Waals surface area contributed by atoms with Crippen molar-refractivity contribution in [3.05, 3.63) is 23.8 Å². The molecular formula is C15H23N7. The molecule has 2 aliphatic rings. The van der Waals surface area contributed by atoms with Gasteiger partial charge in [0.2, 0.25) is 0 Å². The van der Waals surface area contributed by atoms with Crippen LogP contribution < -0.4 is 0 Å². The van der Waals surface area contributed by atoms with Crippen LogP contribution in [0.4, 0.5) is 0 Å². The fourth-order valence-electron chi connectivity index (χ4n) is 3.58. The molecule has 1 aliphatic heterocycles. The summed E-state index contributed by atoms with van der Waals surface area (Å²) in [6, 6.07) is 0.320. The monoisotopic (exact) mass is 301 g/mol. The van der Waals surface area contributed by atoms with Gasteiger partial charge in [-0.25, -0.2) is 4.98 Å². The molecule has 0 aromatic carbocycles. The number of hydrogen-bond acceptors (Lipinski definition) is 5. The molecule has 1 unspecified atom stereocenters. The van der Waals surface area contributed by atoms with Crippen LogP contribution in [0.5, 0.6) is 0 Å². The second kappa shape index (κ2) is 5.79. The zero-order valence-electron chi connectivity index (χ0n) is 13.1. The lowest BCUT2D eigenvalue weighted by Gasteiger charge is -2.33. The van der Waals surface area contributed by atoms with Crippen molar-refractivity contribution in [3.8, 4) is 0 Å². The molecule has 1 atom stereocenters. The van der Waals surface area contributed by atoms with Gasteiger partial charge < -0.3 is 4.57 Å². The van der Waals surface area contributed by atoms with E-state index in [1.807, 2.05) is 0 Å². The molecule has 0 spiro atoms. The summed E-state index contributed by atoms with van der Waals surface area (Å²) in [5.41, 5.74) is 0. The van der Waals surface area contributed by atoms with Crippen LogP contribution >= 0.6 is 0 Å². The fourth-order valence-corrected chi connectivity index (χ4v) is 3.58. The Kier molecular flexibility index (Phi) is 3.65. The number of piperidine rings is 1. The summed E-state index contributed by atoms with van der Waals surface area (Å²) >= 11 is 0. The fraction of sp³-hybridized carbons (Fsp3) is 0.733. The van der Waals surface area contributed by atoms with Crippen molar-refractivity contribution in [1.29, 1.82) is 0 Å². The Morgan fingerprint density at radius 3 is 2.82 bits per heavy atom. The number of H-pyrrole nitrogens is 1. The molecule has 1 saturated heterocycles. The molecule has 3 heterocycles. The molecule has 7 heteroatoms. The van der Waals surface area contributed by atoms with E-state index in [-0.39, 0.29) is 0 Å². The highest BCUT2D eigenvalue weighted by atomic mass is 15.3. The highest BCUT2D eigenvalue weighted by molar-refractivity contribution is 5.05. The molecular weight excluding hydrogens is 278 g/mol. The third-order valence-electron chi connectivity index (χ3n) is 5.18. The first-order chi connectivity index (χ1) is 10.8. The summed E-state index contributed by atoms with van der Waals surface area (Å²) in [6.07, 6.45) is 9.05. The zero-order valence-corrected chi connectivity index (χ0v) is 13.1. The van der Waals surface area contributed by atoms with Crippen molar-refractivity contribution < 1.29 is 0 Å². The van der Waals surface area contributed by atoms with Crippen LogP contribution in [0.3, 0.4) is 0 Å². The Balaban J connectivity index is 1.52. The minimum atomic E-state index is 0.320. The lowest BCUT2D eigenvalue weighted by atomic mass is 9.85. The second-order valence-corrected chi connectivity index (χ2v) is 6.51. The molecule has 0 radical (unpaired) electrons. The Morgan fingerprint density at radius 2 is 2.09 bits per heavy atom. The Hall–Kier alpha value is -1.76. The van der Waals surface area contributed by atoms with Crippen LogP contribution in [-0.2, 0) is 13.6 Å². The average Bonchev–Trinajstić information content (AvgIpc) is 3.11. The summed E-state index contributed by atoms with van der Waals surface area (Å²) in [4.78, 5) is 6.82. The van der Waals surface area contributed by atoms with Crippen LogP contribution in [-0.4, -0.2) is 41.4 Å². The van der Waals surface area contributed by atoms with E-state index >= 15 is 0 Å². The minimum Gasteiger partial charge on any atom is -0.317 e. The highest BCUT2D eigenvalue weighted by Crippen LogP contribution is 2.35. The van der Waals surface area contributed by atoms with E-state index in [0.29, 0.717) is 12.0 Å². The number of hydrogen-bond donors (Lipinski definition) is 1. The predicted molar refractivity (Wildman–Crippen MR) is 81.0 cm³/mol. The summed E-state index contributed by atoms with van der Waals surface area (Å²) in [5, 5.41) is 15.9. The van der Waals surface area contributed by atoms with Crippen molar-refractivity contribution in [1.82, 2.24) is 34.8 Å². The molecule has 2 aromatic heterocycles. The van der Waals surface area contributed by atoms with Crippen LogP contribution in [0, 0.1) is 0 Å². The van der Waals surface area contributed by atoms with Crippen molar-refractivity contribution >= 4 is 0 Å². The van der Waals surface area contributed by atoms with E-state index < -0.39 is 0 Å². The first-order valence-electron chi connectivity index (χ1n) is 8.30. The van der Waals surface area contributed by atoms with Crippen LogP contribution in [0.25, 0.3) is 0 Å². The summed E-state index contributed by atoms with van der Waals surface area (Å²) < 4.78 is 2.20. The molecule has 0 amide bonds. The first-order valence-corrected chi connectivity index (χ1v) is 8.30. The Morgan fingerprint density at radius 1 is 1.18 bits per heavy atom. The van der Waals surface area contributed by atoms with Crippen LogP contribution in [0.2, 0.25) is 0 Å². The quantitative estimate of drug-likeness (QED) is 0.934. The Bertz CT molecular complexity index is 614. The van der Waals surface area contributed by atoms with Gasteiger partial charge in [-0.1, -0.05) is 12.8 Å². The number of aromatic amines is 1. The number of aromatic nitrogens is 6. The maximum absolute atomic E-state index is 4.45. The van der Waals surface area contributed by atoms with Crippen molar-refractivity contribution in [2.75, 3.05) is 6.54 Å². The van der Waals surface area contributed by atoms with E-state index in [4.69, 9.17) is 0 Å². The predicted octanol–water partition coefficient (Wildman–Crippen LogP) is 1.93. The van der Waals surface area contributed by atoms with E-state index in [9.17, 15) is 0 Å². The van der Waals surface area contributed by atoms with Gasteiger partial charge in [-0.05, 0) is 32.2 Å². The SMILES string of the molecule is Cn1c(CN2CCCCC2c2ncn[nH]2)nnc1C1CCC1. The lowest BCUT2D eigenvalue weighted by Crippen LogP contribution is -2.34. The molecule has 2 fully saturated rings. The molecule has 2 aromatic rings. The molecule has 4 rings (SSSR count). The first kappa shape index (κ1) is 13.9. The van der Waals surface area contributed by atoms with Gasteiger partial charge in [0, 0.05) is 13.0 Å². The average molecular weight is 301 g/mol. The second-order valence-electron chi connectivity index (χ2n) is 6.51. The molecule has 1 saturated carbocycles. The molecule has 22 heavy (non-hydrogen) atoms. The van der Waals surface area contributed by atoms with Gasteiger partial charge in [0.1, 0.15) is 23.8 Å². The van der Waals surface area contributed by atoms with Crippen LogP contribution in [0.1, 0.15) is 68.0 Å². The third kappa shape index (κ3) is 2.43. The Labute approximate surface area is 130 Å². The third-order valence-corrected chi connectivity index (χ3v) is 5.18. The number of nitrogens with zero attached hydrogens (tertiary/aromatic N) is 6. The van der Waals surface area contributed by atoms with Crippen molar-refractivity contribution in [3.63, 3.8) is 0 Å². The van der Waals surface area contributed by atoms with Gasteiger partial charge in [0.15, 0.2) is 0 Å². The van der Waals surface area contributed by atoms with Gasteiger partial charge >= 0.3 is 0 Å². The topological polar surface area (TPSA) is 75.5 Å². The maximum atomic E-state index is 4.45. The molecule has 7 nitrogen and oxygen atoms in total. The largest absolute Gasteiger partial charge is 0.317 e. The summed E-state index contributed by atoms with van der Waals surface area (Å²) in [5.74, 6) is 3.82. The molecule has 0 bridgehead atoms. The summed E-state index contributed by atoms with van der Waals surface area (Å²) in [6.45, 7) is 1.92. The van der Waals surface area contributed by atoms with E-state index in [2.05, 4.69) is 41.9 Å².